The minimum absolute atomic E-state index is 1.32. The van der Waals surface area contributed by atoms with Crippen LogP contribution in [0.1, 0.15) is 19.8 Å². The summed E-state index contributed by atoms with van der Waals surface area (Å²) >= 11 is 0. The number of quaternary nitrogens is 1. The van der Waals surface area contributed by atoms with Gasteiger partial charge in [0, 0.05) is 12.8 Å². The zero-order valence-electron chi connectivity index (χ0n) is 8.70. The van der Waals surface area contributed by atoms with E-state index in [1.807, 2.05) is 0 Å². The monoisotopic (exact) mass is 259 g/mol. The van der Waals surface area contributed by atoms with Gasteiger partial charge in [0.15, 0.2) is 0 Å². The van der Waals surface area contributed by atoms with Crippen LogP contribution in [0.4, 0.5) is 25.2 Å². The SMILES string of the molecule is CC[N+]1(C)CCCC1.F[P-](F)(F)(F)(F)F. The molecule has 1 aliphatic rings. The number of likely N-dealkylation sites (tertiary alicyclic amines) is 1. The Morgan fingerprint density at radius 2 is 1.20 bits per heavy atom. The quantitative estimate of drug-likeness (QED) is 0.366. The number of hydrogen-bond acceptors (Lipinski definition) is 0. The van der Waals surface area contributed by atoms with Gasteiger partial charge in [-0.2, -0.15) is 0 Å². The fourth-order valence-corrected chi connectivity index (χ4v) is 1.42. The van der Waals surface area contributed by atoms with Crippen LogP contribution in [0.2, 0.25) is 0 Å². The minimum atomic E-state index is -10.7. The van der Waals surface area contributed by atoms with E-state index in [1.165, 1.54) is 37.0 Å². The first kappa shape index (κ1) is 15.0. The summed E-state index contributed by atoms with van der Waals surface area (Å²) in [7, 11) is -8.30. The van der Waals surface area contributed by atoms with E-state index in [-0.39, 0.29) is 0 Å². The van der Waals surface area contributed by atoms with Gasteiger partial charge in [-0.25, -0.2) is 0 Å². The molecule has 96 valence electrons. The van der Waals surface area contributed by atoms with Gasteiger partial charge in [-0.05, 0) is 6.92 Å². The van der Waals surface area contributed by atoms with E-state index in [0.717, 1.165) is 0 Å². The van der Waals surface area contributed by atoms with Crippen LogP contribution in [0.3, 0.4) is 0 Å². The van der Waals surface area contributed by atoms with Crippen molar-refractivity contribution in [2.24, 2.45) is 0 Å². The van der Waals surface area contributed by atoms with Gasteiger partial charge in [-0.1, -0.05) is 0 Å². The molecule has 0 saturated carbocycles. The summed E-state index contributed by atoms with van der Waals surface area (Å²) in [6.45, 7) is 6.43. The van der Waals surface area contributed by atoms with E-state index in [9.17, 15) is 25.2 Å². The number of rotatable bonds is 1. The molecule has 0 aromatic rings. The van der Waals surface area contributed by atoms with E-state index in [0.29, 0.717) is 0 Å². The molecular weight excluding hydrogens is 243 g/mol. The van der Waals surface area contributed by atoms with Gasteiger partial charge < -0.3 is 4.48 Å². The Hall–Kier alpha value is -0.0300. The van der Waals surface area contributed by atoms with Crippen molar-refractivity contribution in [2.45, 2.75) is 19.8 Å². The first-order chi connectivity index (χ1) is 6.22. The summed E-state index contributed by atoms with van der Waals surface area (Å²) in [5.41, 5.74) is 0. The van der Waals surface area contributed by atoms with Crippen molar-refractivity contribution in [3.05, 3.63) is 0 Å². The zero-order chi connectivity index (χ0) is 12.4. The normalized spacial score (nSPS) is 24.8. The van der Waals surface area contributed by atoms with Crippen LogP contribution in [0.25, 0.3) is 0 Å². The Bertz CT molecular complexity index is 201. The first-order valence-electron chi connectivity index (χ1n) is 4.62. The van der Waals surface area contributed by atoms with Crippen LogP contribution in [0, 0.1) is 0 Å². The maximum absolute atomic E-state index is 10.7. The first-order valence-corrected chi connectivity index (χ1v) is 6.65. The second kappa shape index (κ2) is 3.48. The van der Waals surface area contributed by atoms with E-state index in [1.54, 1.807) is 0 Å². The van der Waals surface area contributed by atoms with Crippen LogP contribution in [-0.4, -0.2) is 31.2 Å². The average molecular weight is 259 g/mol. The van der Waals surface area contributed by atoms with Crippen molar-refractivity contribution < 1.29 is 29.7 Å². The van der Waals surface area contributed by atoms with Crippen molar-refractivity contribution in [3.8, 4) is 0 Å². The molecule has 0 amide bonds. The molecule has 0 aromatic heterocycles. The van der Waals surface area contributed by atoms with Crippen LogP contribution in [-0.2, 0) is 0 Å². The molecule has 1 rings (SSSR count). The van der Waals surface area contributed by atoms with Crippen molar-refractivity contribution in [2.75, 3.05) is 26.7 Å². The molecule has 1 heterocycles. The van der Waals surface area contributed by atoms with Crippen LogP contribution in [0.15, 0.2) is 0 Å². The molecule has 0 N–H and O–H groups in total. The van der Waals surface area contributed by atoms with Crippen molar-refractivity contribution in [3.63, 3.8) is 0 Å². The van der Waals surface area contributed by atoms with Crippen molar-refractivity contribution in [1.29, 1.82) is 0 Å². The Labute approximate surface area is 84.9 Å². The van der Waals surface area contributed by atoms with Crippen LogP contribution < -0.4 is 0 Å². The summed E-state index contributed by atoms with van der Waals surface area (Å²) in [5, 5.41) is 0. The Balaban J connectivity index is 0.000000265. The predicted molar refractivity (Wildman–Crippen MR) is 49.3 cm³/mol. The molecule has 1 aliphatic heterocycles. The fraction of sp³-hybridized carbons (Fsp3) is 1.00. The van der Waals surface area contributed by atoms with Crippen LogP contribution in [0.5, 0.6) is 0 Å². The van der Waals surface area contributed by atoms with Gasteiger partial charge in [0.2, 0.25) is 0 Å². The number of hydrogen-bond donors (Lipinski definition) is 0. The molecule has 0 aromatic carbocycles. The Kier molecular flexibility index (Phi) is 3.48. The zero-order valence-corrected chi connectivity index (χ0v) is 9.59. The predicted octanol–water partition coefficient (Wildman–Crippen LogP) is 4.63. The van der Waals surface area contributed by atoms with E-state index >= 15 is 0 Å². The molecule has 0 atom stereocenters. The molecule has 1 nitrogen and oxygen atoms in total. The molecule has 15 heavy (non-hydrogen) atoms. The van der Waals surface area contributed by atoms with Gasteiger partial charge in [-0.3, -0.25) is 0 Å². The molecule has 0 unspecified atom stereocenters. The third kappa shape index (κ3) is 14.0. The molecule has 0 bridgehead atoms. The Morgan fingerprint density at radius 3 is 1.33 bits per heavy atom. The van der Waals surface area contributed by atoms with E-state index in [4.69, 9.17) is 0 Å². The van der Waals surface area contributed by atoms with Gasteiger partial charge in [-0.15, -0.1) is 0 Å². The number of halogens is 6. The molecule has 1 fully saturated rings. The molecule has 0 aliphatic carbocycles. The molecule has 1 saturated heterocycles. The van der Waals surface area contributed by atoms with Gasteiger partial charge in [0.05, 0.1) is 26.7 Å². The Morgan fingerprint density at radius 1 is 0.933 bits per heavy atom. The third-order valence-electron chi connectivity index (χ3n) is 2.41. The van der Waals surface area contributed by atoms with E-state index < -0.39 is 7.81 Å². The van der Waals surface area contributed by atoms with Crippen molar-refractivity contribution in [1.82, 2.24) is 0 Å². The van der Waals surface area contributed by atoms with Gasteiger partial charge in [0.1, 0.15) is 0 Å². The van der Waals surface area contributed by atoms with Crippen molar-refractivity contribution >= 4 is 7.81 Å². The standard InChI is InChI=1S/C7H16N.F6P/c1-3-8(2)6-4-5-7-8;1-7(2,3,4,5)6/h3-7H2,1-2H3;/q+1;-1. The summed E-state index contributed by atoms with van der Waals surface area (Å²) in [6, 6.07) is 0. The average Bonchev–Trinajstić information content (AvgIpc) is 2.30. The summed E-state index contributed by atoms with van der Waals surface area (Å²) in [5.74, 6) is 0. The number of nitrogens with zero attached hydrogens (tertiary/aromatic N) is 1. The fourth-order valence-electron chi connectivity index (χ4n) is 1.42. The summed E-state index contributed by atoms with van der Waals surface area (Å²) in [4.78, 5) is 0. The summed E-state index contributed by atoms with van der Waals surface area (Å²) < 4.78 is 60.5. The topological polar surface area (TPSA) is 0 Å². The maximum atomic E-state index is 9.87. The molecule has 0 spiro atoms. The van der Waals surface area contributed by atoms with Gasteiger partial charge >= 0.3 is 33.0 Å². The van der Waals surface area contributed by atoms with E-state index in [2.05, 4.69) is 14.0 Å². The molecule has 0 radical (unpaired) electrons. The second-order valence-corrected chi connectivity index (χ2v) is 5.96. The third-order valence-corrected chi connectivity index (χ3v) is 2.41. The van der Waals surface area contributed by atoms with Gasteiger partial charge in [0.25, 0.3) is 0 Å². The van der Waals surface area contributed by atoms with Crippen LogP contribution >= 0.6 is 7.81 Å². The molecule has 8 heteroatoms. The summed E-state index contributed by atoms with van der Waals surface area (Å²) in [6.07, 6.45) is 2.90. The second-order valence-electron chi connectivity index (χ2n) is 4.05. The molecular formula is C7H16F6NP.